The number of piperazine rings is 1. The molecule has 0 unspecified atom stereocenters. The van der Waals surface area contributed by atoms with Gasteiger partial charge in [-0.2, -0.15) is 0 Å². The van der Waals surface area contributed by atoms with Crippen molar-refractivity contribution in [2.45, 2.75) is 6.92 Å². The van der Waals surface area contributed by atoms with Crippen LogP contribution in [0.1, 0.15) is 6.92 Å². The summed E-state index contributed by atoms with van der Waals surface area (Å²) in [6.45, 7) is 4.91. The first-order valence-corrected chi connectivity index (χ1v) is 5.95. The SMILES string of the molecule is CCOC(=O)N1CCN(c2cnc(N)cn2)CC1. The molecule has 1 fully saturated rings. The summed E-state index contributed by atoms with van der Waals surface area (Å²) in [5, 5.41) is 0. The zero-order valence-corrected chi connectivity index (χ0v) is 10.4. The molecular formula is C11H17N5O2. The molecule has 0 atom stereocenters. The van der Waals surface area contributed by atoms with Gasteiger partial charge in [0, 0.05) is 26.2 Å². The van der Waals surface area contributed by atoms with Crippen LogP contribution in [0.4, 0.5) is 16.4 Å². The van der Waals surface area contributed by atoms with Gasteiger partial charge in [-0.3, -0.25) is 0 Å². The number of carbonyl (C=O) groups is 1. The Hall–Kier alpha value is -2.05. The summed E-state index contributed by atoms with van der Waals surface area (Å²) < 4.78 is 4.96. The maximum Gasteiger partial charge on any atom is 0.409 e. The van der Waals surface area contributed by atoms with Crippen molar-refractivity contribution in [3.63, 3.8) is 0 Å². The second-order valence-corrected chi connectivity index (χ2v) is 3.97. The van der Waals surface area contributed by atoms with Crippen molar-refractivity contribution in [2.24, 2.45) is 0 Å². The first-order chi connectivity index (χ1) is 8.70. The Kier molecular flexibility index (Phi) is 3.81. The largest absolute Gasteiger partial charge is 0.450 e. The van der Waals surface area contributed by atoms with Crippen LogP contribution in [0.2, 0.25) is 0 Å². The van der Waals surface area contributed by atoms with Crippen LogP contribution < -0.4 is 10.6 Å². The van der Waals surface area contributed by atoms with Crippen molar-refractivity contribution in [3.8, 4) is 0 Å². The van der Waals surface area contributed by atoms with E-state index in [0.29, 0.717) is 25.5 Å². The average Bonchev–Trinajstić information content (AvgIpc) is 2.40. The smallest absolute Gasteiger partial charge is 0.409 e. The minimum Gasteiger partial charge on any atom is -0.450 e. The van der Waals surface area contributed by atoms with Gasteiger partial charge in [-0.05, 0) is 6.92 Å². The minimum atomic E-state index is -0.249. The van der Waals surface area contributed by atoms with Gasteiger partial charge in [0.05, 0.1) is 19.0 Å². The van der Waals surface area contributed by atoms with Crippen LogP contribution in [0.15, 0.2) is 12.4 Å². The maximum absolute atomic E-state index is 11.5. The van der Waals surface area contributed by atoms with E-state index in [1.165, 1.54) is 6.20 Å². The molecule has 1 saturated heterocycles. The second kappa shape index (κ2) is 5.52. The number of anilines is 2. The molecule has 1 aliphatic heterocycles. The van der Waals surface area contributed by atoms with Crippen LogP contribution in [-0.2, 0) is 4.74 Å². The van der Waals surface area contributed by atoms with E-state index in [9.17, 15) is 4.79 Å². The summed E-state index contributed by atoms with van der Waals surface area (Å²) >= 11 is 0. The van der Waals surface area contributed by atoms with E-state index in [-0.39, 0.29) is 6.09 Å². The third-order valence-corrected chi connectivity index (χ3v) is 2.79. The summed E-state index contributed by atoms with van der Waals surface area (Å²) in [5.74, 6) is 1.19. The number of nitrogen functional groups attached to an aromatic ring is 1. The fraction of sp³-hybridized carbons (Fsp3) is 0.545. The molecule has 7 heteroatoms. The summed E-state index contributed by atoms with van der Waals surface area (Å²) in [6, 6.07) is 0. The normalized spacial score (nSPS) is 15.6. The van der Waals surface area contributed by atoms with Crippen molar-refractivity contribution in [1.29, 1.82) is 0 Å². The van der Waals surface area contributed by atoms with Crippen LogP contribution in [0, 0.1) is 0 Å². The Bertz CT molecular complexity index is 400. The van der Waals surface area contributed by atoms with Crippen LogP contribution in [0.5, 0.6) is 0 Å². The number of ether oxygens (including phenoxy) is 1. The lowest BCUT2D eigenvalue weighted by molar-refractivity contribution is 0.105. The van der Waals surface area contributed by atoms with Crippen molar-refractivity contribution in [3.05, 3.63) is 12.4 Å². The zero-order chi connectivity index (χ0) is 13.0. The van der Waals surface area contributed by atoms with E-state index in [1.807, 2.05) is 0 Å². The van der Waals surface area contributed by atoms with E-state index in [0.717, 1.165) is 18.9 Å². The first-order valence-electron chi connectivity index (χ1n) is 5.95. The van der Waals surface area contributed by atoms with Crippen LogP contribution in [0.25, 0.3) is 0 Å². The highest BCUT2D eigenvalue weighted by atomic mass is 16.6. The molecule has 98 valence electrons. The zero-order valence-electron chi connectivity index (χ0n) is 10.4. The van der Waals surface area contributed by atoms with E-state index >= 15 is 0 Å². The second-order valence-electron chi connectivity index (χ2n) is 3.97. The summed E-state index contributed by atoms with van der Waals surface area (Å²) in [5.41, 5.74) is 5.49. The van der Waals surface area contributed by atoms with Gasteiger partial charge in [-0.25, -0.2) is 14.8 Å². The predicted molar refractivity (Wildman–Crippen MR) is 67.3 cm³/mol. The monoisotopic (exact) mass is 251 g/mol. The minimum absolute atomic E-state index is 0.249. The van der Waals surface area contributed by atoms with Gasteiger partial charge in [-0.15, -0.1) is 0 Å². The van der Waals surface area contributed by atoms with E-state index in [1.54, 1.807) is 18.0 Å². The maximum atomic E-state index is 11.5. The Labute approximate surface area is 106 Å². The predicted octanol–water partition coefficient (Wildman–Crippen LogP) is 0.337. The fourth-order valence-corrected chi connectivity index (χ4v) is 1.83. The van der Waals surface area contributed by atoms with Crippen molar-refractivity contribution < 1.29 is 9.53 Å². The topological polar surface area (TPSA) is 84.6 Å². The summed E-state index contributed by atoms with van der Waals surface area (Å²) in [6.07, 6.45) is 2.93. The summed E-state index contributed by atoms with van der Waals surface area (Å²) in [4.78, 5) is 23.5. The number of nitrogens with two attached hydrogens (primary N) is 1. The highest BCUT2D eigenvalue weighted by Gasteiger charge is 2.22. The van der Waals surface area contributed by atoms with Gasteiger partial charge in [-0.1, -0.05) is 0 Å². The van der Waals surface area contributed by atoms with Crippen LogP contribution in [0.3, 0.4) is 0 Å². The molecular weight excluding hydrogens is 234 g/mol. The number of amides is 1. The lowest BCUT2D eigenvalue weighted by Crippen LogP contribution is -2.49. The van der Waals surface area contributed by atoms with Gasteiger partial charge in [0.1, 0.15) is 11.6 Å². The van der Waals surface area contributed by atoms with Gasteiger partial charge in [0.15, 0.2) is 0 Å². The molecule has 0 aliphatic carbocycles. The number of aromatic nitrogens is 2. The molecule has 18 heavy (non-hydrogen) atoms. The molecule has 1 aromatic rings. The molecule has 2 N–H and O–H groups in total. The molecule has 0 aromatic carbocycles. The number of hydrogen-bond donors (Lipinski definition) is 1. The molecule has 7 nitrogen and oxygen atoms in total. The third-order valence-electron chi connectivity index (χ3n) is 2.79. The van der Waals surface area contributed by atoms with Crippen molar-refractivity contribution >= 4 is 17.7 Å². The molecule has 1 aromatic heterocycles. The highest BCUT2D eigenvalue weighted by Crippen LogP contribution is 2.13. The quantitative estimate of drug-likeness (QED) is 0.815. The van der Waals surface area contributed by atoms with E-state index < -0.39 is 0 Å². The standard InChI is InChI=1S/C11H17N5O2/c1-2-18-11(17)16-5-3-15(4-6-16)10-8-13-9(12)7-14-10/h7-8H,2-6H2,1H3,(H2,12,13). The molecule has 2 heterocycles. The lowest BCUT2D eigenvalue weighted by Gasteiger charge is -2.34. The van der Waals surface area contributed by atoms with Crippen molar-refractivity contribution in [1.82, 2.24) is 14.9 Å². The average molecular weight is 251 g/mol. The van der Waals surface area contributed by atoms with Gasteiger partial charge in [0.2, 0.25) is 0 Å². The molecule has 2 rings (SSSR count). The van der Waals surface area contributed by atoms with E-state index in [2.05, 4.69) is 14.9 Å². The Morgan fingerprint density at radius 3 is 2.61 bits per heavy atom. The Balaban J connectivity index is 1.90. The van der Waals surface area contributed by atoms with Crippen LogP contribution >= 0.6 is 0 Å². The molecule has 0 radical (unpaired) electrons. The third kappa shape index (κ3) is 2.79. The molecule has 0 spiro atoms. The lowest BCUT2D eigenvalue weighted by atomic mass is 10.3. The first kappa shape index (κ1) is 12.4. The number of carbonyl (C=O) groups excluding carboxylic acids is 1. The van der Waals surface area contributed by atoms with Crippen LogP contribution in [-0.4, -0.2) is 53.7 Å². The number of hydrogen-bond acceptors (Lipinski definition) is 6. The molecule has 1 amide bonds. The van der Waals surface area contributed by atoms with Crippen molar-refractivity contribution in [2.75, 3.05) is 43.4 Å². The van der Waals surface area contributed by atoms with Gasteiger partial charge >= 0.3 is 6.09 Å². The van der Waals surface area contributed by atoms with E-state index in [4.69, 9.17) is 10.5 Å². The summed E-state index contributed by atoms with van der Waals surface area (Å²) in [7, 11) is 0. The molecule has 0 bridgehead atoms. The highest BCUT2D eigenvalue weighted by molar-refractivity contribution is 5.68. The van der Waals surface area contributed by atoms with Gasteiger partial charge < -0.3 is 20.3 Å². The number of nitrogens with zero attached hydrogens (tertiary/aromatic N) is 4. The molecule has 0 saturated carbocycles. The van der Waals surface area contributed by atoms with Gasteiger partial charge in [0.25, 0.3) is 0 Å². The fourth-order valence-electron chi connectivity index (χ4n) is 1.83. The Morgan fingerprint density at radius 1 is 1.33 bits per heavy atom. The number of rotatable bonds is 2. The molecule has 1 aliphatic rings. The Morgan fingerprint density at radius 2 is 2.06 bits per heavy atom.